The lowest BCUT2D eigenvalue weighted by atomic mass is 9.89. The minimum absolute atomic E-state index is 0.0305. The number of nitrogens with zero attached hydrogens (tertiary/aromatic N) is 2. The number of nitrogen functional groups attached to an aromatic ring is 1. The summed E-state index contributed by atoms with van der Waals surface area (Å²) in [4.78, 5) is 20.5. The molecule has 1 amide bonds. The molecule has 0 saturated heterocycles. The van der Waals surface area contributed by atoms with Crippen LogP contribution in [0.25, 0.3) is 10.9 Å². The number of methoxy groups -OCH3 is 1. The third kappa shape index (κ3) is 3.44. The van der Waals surface area contributed by atoms with E-state index in [-0.39, 0.29) is 5.92 Å². The Morgan fingerprint density at radius 3 is 2.72 bits per heavy atom. The minimum atomic E-state index is -0.507. The lowest BCUT2D eigenvalue weighted by Crippen LogP contribution is -2.13. The summed E-state index contributed by atoms with van der Waals surface area (Å²) in [5.74, 6) is -0.537. The fraction of sp³-hybridized carbons (Fsp3) is 0.211. The van der Waals surface area contributed by atoms with E-state index in [1.807, 2.05) is 30.3 Å². The lowest BCUT2D eigenvalue weighted by molar-refractivity contribution is 0.100. The van der Waals surface area contributed by atoms with Crippen LogP contribution in [-0.4, -0.2) is 29.6 Å². The molecule has 0 aliphatic heterocycles. The van der Waals surface area contributed by atoms with Gasteiger partial charge in [0.05, 0.1) is 16.8 Å². The zero-order chi connectivity index (χ0) is 17.8. The third-order valence-electron chi connectivity index (χ3n) is 4.21. The van der Waals surface area contributed by atoms with Crippen molar-refractivity contribution >= 4 is 22.5 Å². The summed E-state index contributed by atoms with van der Waals surface area (Å²) in [6.45, 7) is 0.570. The van der Waals surface area contributed by atoms with E-state index in [9.17, 15) is 4.79 Å². The smallest absolute Gasteiger partial charge is 0.250 e. The fourth-order valence-corrected chi connectivity index (χ4v) is 3.06. The van der Waals surface area contributed by atoms with Crippen LogP contribution in [0.15, 0.2) is 48.8 Å². The van der Waals surface area contributed by atoms with E-state index in [1.54, 1.807) is 19.2 Å². The number of fused-ring (bicyclic) bond motifs is 1. The number of ether oxygens (including phenoxy) is 1. The summed E-state index contributed by atoms with van der Waals surface area (Å²) in [5.41, 5.74) is 14.9. The van der Waals surface area contributed by atoms with Gasteiger partial charge in [-0.25, -0.2) is 9.97 Å². The van der Waals surface area contributed by atoms with Gasteiger partial charge in [0, 0.05) is 30.7 Å². The molecule has 0 aliphatic carbocycles. The first kappa shape index (κ1) is 16.9. The molecule has 0 aliphatic rings. The molecule has 0 spiro atoms. The molecule has 3 rings (SSSR count). The summed E-state index contributed by atoms with van der Waals surface area (Å²) < 4.78 is 5.27. The van der Waals surface area contributed by atoms with Crippen molar-refractivity contribution in [1.29, 1.82) is 0 Å². The van der Waals surface area contributed by atoms with Crippen LogP contribution in [0.2, 0.25) is 0 Å². The van der Waals surface area contributed by atoms with Gasteiger partial charge in [0.25, 0.3) is 5.91 Å². The number of nitrogens with two attached hydrogens (primary N) is 2. The molecular formula is C19H20N4O2. The molecule has 1 atom stereocenters. The Labute approximate surface area is 145 Å². The Bertz CT molecular complexity index is 911. The average molecular weight is 336 g/mol. The highest BCUT2D eigenvalue weighted by Gasteiger charge is 2.20. The number of carbonyl (C=O) groups excluding carboxylic acids is 1. The molecule has 4 N–H and O–H groups in total. The fourth-order valence-electron chi connectivity index (χ4n) is 3.06. The second kappa shape index (κ2) is 7.27. The topological polar surface area (TPSA) is 104 Å². The SMILES string of the molecule is COCCC(c1cccc(N)c1)c1ncnc2c(C(N)=O)cccc12. The van der Waals surface area contributed by atoms with Crippen LogP contribution in [0.3, 0.4) is 0 Å². The average Bonchev–Trinajstić information content (AvgIpc) is 2.61. The van der Waals surface area contributed by atoms with Crippen molar-refractivity contribution < 1.29 is 9.53 Å². The van der Waals surface area contributed by atoms with Crippen LogP contribution in [0.4, 0.5) is 5.69 Å². The van der Waals surface area contributed by atoms with Gasteiger partial charge in [0.15, 0.2) is 0 Å². The first-order valence-electron chi connectivity index (χ1n) is 7.99. The van der Waals surface area contributed by atoms with Crippen molar-refractivity contribution in [3.05, 3.63) is 65.6 Å². The molecule has 1 heterocycles. The van der Waals surface area contributed by atoms with Gasteiger partial charge in [-0.1, -0.05) is 24.3 Å². The summed E-state index contributed by atoms with van der Waals surface area (Å²) in [6.07, 6.45) is 2.20. The summed E-state index contributed by atoms with van der Waals surface area (Å²) in [7, 11) is 1.67. The minimum Gasteiger partial charge on any atom is -0.399 e. The second-order valence-electron chi connectivity index (χ2n) is 5.83. The number of amides is 1. The van der Waals surface area contributed by atoms with Gasteiger partial charge in [-0.05, 0) is 30.2 Å². The number of carbonyl (C=O) groups is 1. The maximum atomic E-state index is 11.7. The Morgan fingerprint density at radius 2 is 2.00 bits per heavy atom. The van der Waals surface area contributed by atoms with Crippen LogP contribution < -0.4 is 11.5 Å². The van der Waals surface area contributed by atoms with E-state index < -0.39 is 5.91 Å². The molecule has 3 aromatic rings. The van der Waals surface area contributed by atoms with Crippen molar-refractivity contribution in [2.24, 2.45) is 5.73 Å². The molecule has 0 radical (unpaired) electrons. The second-order valence-corrected chi connectivity index (χ2v) is 5.83. The van der Waals surface area contributed by atoms with E-state index in [0.717, 1.165) is 23.1 Å². The quantitative estimate of drug-likeness (QED) is 0.673. The van der Waals surface area contributed by atoms with Gasteiger partial charge in [-0.2, -0.15) is 0 Å². The van der Waals surface area contributed by atoms with Crippen LogP contribution in [0.5, 0.6) is 0 Å². The molecule has 1 aromatic heterocycles. The zero-order valence-electron chi connectivity index (χ0n) is 14.0. The highest BCUT2D eigenvalue weighted by atomic mass is 16.5. The molecule has 128 valence electrons. The maximum absolute atomic E-state index is 11.7. The summed E-state index contributed by atoms with van der Waals surface area (Å²) in [6, 6.07) is 13.1. The van der Waals surface area contributed by atoms with Crippen molar-refractivity contribution in [2.45, 2.75) is 12.3 Å². The molecule has 1 unspecified atom stereocenters. The van der Waals surface area contributed by atoms with Gasteiger partial charge in [-0.3, -0.25) is 4.79 Å². The molecule has 25 heavy (non-hydrogen) atoms. The molecule has 2 aromatic carbocycles. The highest BCUT2D eigenvalue weighted by Crippen LogP contribution is 2.32. The number of aromatic nitrogens is 2. The monoisotopic (exact) mass is 336 g/mol. The molecule has 0 saturated carbocycles. The normalized spacial score (nSPS) is 12.2. The lowest BCUT2D eigenvalue weighted by Gasteiger charge is -2.19. The number of anilines is 1. The maximum Gasteiger partial charge on any atom is 0.250 e. The molecule has 6 heteroatoms. The van der Waals surface area contributed by atoms with Gasteiger partial charge >= 0.3 is 0 Å². The van der Waals surface area contributed by atoms with Gasteiger partial charge in [0.2, 0.25) is 0 Å². The third-order valence-corrected chi connectivity index (χ3v) is 4.21. The Balaban J connectivity index is 2.19. The number of primary amides is 1. The predicted molar refractivity (Wildman–Crippen MR) is 97.2 cm³/mol. The van der Waals surface area contributed by atoms with E-state index in [4.69, 9.17) is 16.2 Å². The van der Waals surface area contributed by atoms with Crippen LogP contribution >= 0.6 is 0 Å². The molecular weight excluding hydrogens is 316 g/mol. The standard InChI is InChI=1S/C19H20N4O2/c1-25-9-8-14(12-4-2-5-13(20)10-12)17-15-6-3-7-16(19(21)24)18(15)23-11-22-17/h2-7,10-11,14H,8-9,20H2,1H3,(H2,21,24). The van der Waals surface area contributed by atoms with E-state index in [1.165, 1.54) is 6.33 Å². The number of benzene rings is 2. The zero-order valence-corrected chi connectivity index (χ0v) is 14.0. The first-order valence-corrected chi connectivity index (χ1v) is 7.99. The molecule has 0 fully saturated rings. The summed E-state index contributed by atoms with van der Waals surface area (Å²) in [5, 5.41) is 0.808. The molecule has 6 nitrogen and oxygen atoms in total. The predicted octanol–water partition coefficient (Wildman–Crippen LogP) is 2.48. The number of para-hydroxylation sites is 1. The van der Waals surface area contributed by atoms with E-state index >= 15 is 0 Å². The Kier molecular flexibility index (Phi) is 4.90. The number of hydrogen-bond acceptors (Lipinski definition) is 5. The Hall–Kier alpha value is -2.99. The van der Waals surface area contributed by atoms with Crippen molar-refractivity contribution in [2.75, 3.05) is 19.5 Å². The van der Waals surface area contributed by atoms with Crippen LogP contribution in [-0.2, 0) is 4.74 Å². The van der Waals surface area contributed by atoms with E-state index in [2.05, 4.69) is 9.97 Å². The van der Waals surface area contributed by atoms with Crippen molar-refractivity contribution in [3.63, 3.8) is 0 Å². The van der Waals surface area contributed by atoms with Gasteiger partial charge < -0.3 is 16.2 Å². The van der Waals surface area contributed by atoms with E-state index in [0.29, 0.717) is 23.4 Å². The summed E-state index contributed by atoms with van der Waals surface area (Å²) >= 11 is 0. The Morgan fingerprint density at radius 1 is 1.20 bits per heavy atom. The van der Waals surface area contributed by atoms with Crippen LogP contribution in [0, 0.1) is 0 Å². The molecule has 0 bridgehead atoms. The number of rotatable bonds is 6. The van der Waals surface area contributed by atoms with Crippen LogP contribution in [0.1, 0.15) is 34.0 Å². The highest BCUT2D eigenvalue weighted by molar-refractivity contribution is 6.05. The van der Waals surface area contributed by atoms with Gasteiger partial charge in [-0.15, -0.1) is 0 Å². The van der Waals surface area contributed by atoms with Crippen molar-refractivity contribution in [1.82, 2.24) is 9.97 Å². The van der Waals surface area contributed by atoms with Gasteiger partial charge in [0.1, 0.15) is 6.33 Å². The largest absolute Gasteiger partial charge is 0.399 e. The first-order chi connectivity index (χ1) is 12.1. The van der Waals surface area contributed by atoms with Crippen molar-refractivity contribution in [3.8, 4) is 0 Å². The number of hydrogen-bond donors (Lipinski definition) is 2.